The molecule has 0 radical (unpaired) electrons. The minimum absolute atomic E-state index is 0.0914. The Bertz CT molecular complexity index is 890. The van der Waals surface area contributed by atoms with Gasteiger partial charge in [0.1, 0.15) is 11.8 Å². The number of fused-ring (bicyclic) bond motifs is 3. The average Bonchev–Trinajstić information content (AvgIpc) is 3.21. The first-order valence-corrected chi connectivity index (χ1v) is 9.61. The highest BCUT2D eigenvalue weighted by atomic mass is 16.5. The Morgan fingerprint density at radius 1 is 1.29 bits per heavy atom. The van der Waals surface area contributed by atoms with E-state index in [9.17, 15) is 4.79 Å². The number of nitrogens with zero attached hydrogens (tertiary/aromatic N) is 2. The summed E-state index contributed by atoms with van der Waals surface area (Å²) in [5.41, 5.74) is 2.84. The number of carbonyl (C=O) groups is 1. The van der Waals surface area contributed by atoms with Crippen molar-refractivity contribution in [3.63, 3.8) is 0 Å². The Hall–Kier alpha value is -2.83. The van der Waals surface area contributed by atoms with Crippen molar-refractivity contribution in [1.82, 2.24) is 5.16 Å². The Balaban J connectivity index is 1.80. The van der Waals surface area contributed by atoms with Crippen molar-refractivity contribution in [3.8, 4) is 11.5 Å². The summed E-state index contributed by atoms with van der Waals surface area (Å²) in [6.07, 6.45) is 3.91. The molecule has 4 rings (SSSR count). The van der Waals surface area contributed by atoms with E-state index < -0.39 is 0 Å². The first-order chi connectivity index (χ1) is 13.6. The van der Waals surface area contributed by atoms with Gasteiger partial charge in [0, 0.05) is 24.5 Å². The first-order valence-electron chi connectivity index (χ1n) is 9.61. The van der Waals surface area contributed by atoms with Gasteiger partial charge < -0.3 is 18.7 Å². The monoisotopic (exact) mass is 384 g/mol. The molecule has 7 heteroatoms. The van der Waals surface area contributed by atoms with Gasteiger partial charge in [-0.05, 0) is 43.9 Å². The molecule has 0 amide bonds. The van der Waals surface area contributed by atoms with Crippen LogP contribution in [-0.4, -0.2) is 42.7 Å². The second kappa shape index (κ2) is 7.66. The maximum atomic E-state index is 11.4. The number of benzene rings is 1. The summed E-state index contributed by atoms with van der Waals surface area (Å²) >= 11 is 0. The van der Waals surface area contributed by atoms with Crippen molar-refractivity contribution in [3.05, 3.63) is 41.3 Å². The van der Waals surface area contributed by atoms with E-state index in [1.807, 2.05) is 25.1 Å². The van der Waals surface area contributed by atoms with Crippen LogP contribution in [-0.2, 0) is 9.53 Å². The van der Waals surface area contributed by atoms with Gasteiger partial charge in [-0.15, -0.1) is 0 Å². The van der Waals surface area contributed by atoms with Crippen LogP contribution in [0.2, 0.25) is 0 Å². The Morgan fingerprint density at radius 2 is 2.14 bits per heavy atom. The third kappa shape index (κ3) is 3.37. The van der Waals surface area contributed by atoms with Crippen LogP contribution in [0, 0.1) is 0 Å². The maximum absolute atomic E-state index is 11.4. The van der Waals surface area contributed by atoms with Gasteiger partial charge in [-0.25, -0.2) is 0 Å². The van der Waals surface area contributed by atoms with Gasteiger partial charge in [-0.3, -0.25) is 9.79 Å². The lowest BCUT2D eigenvalue weighted by Gasteiger charge is -2.38. The summed E-state index contributed by atoms with van der Waals surface area (Å²) in [7, 11) is 1.62. The topological polar surface area (TPSA) is 83.2 Å². The Morgan fingerprint density at radius 3 is 2.82 bits per heavy atom. The van der Waals surface area contributed by atoms with Gasteiger partial charge in [0.25, 0.3) is 0 Å². The highest BCUT2D eigenvalue weighted by Gasteiger charge is 2.39. The standard InChI is InChI=1S/C21H24N2O5/c1-4-26-20-10-14-15-9-13(27-12(2)24)5-6-17(15)23-21(18-7-8-22-28-18)16(14)11-19(20)25-3/h7-8,10-11,13,15,17H,4-6,9H2,1-3H3. The maximum Gasteiger partial charge on any atom is 0.302 e. The van der Waals surface area contributed by atoms with Crippen molar-refractivity contribution in [2.75, 3.05) is 13.7 Å². The highest BCUT2D eigenvalue weighted by Crippen LogP contribution is 2.45. The third-order valence-electron chi connectivity index (χ3n) is 5.35. The minimum Gasteiger partial charge on any atom is -0.493 e. The summed E-state index contributed by atoms with van der Waals surface area (Å²) in [6.45, 7) is 3.95. The van der Waals surface area contributed by atoms with Crippen LogP contribution >= 0.6 is 0 Å². The molecule has 28 heavy (non-hydrogen) atoms. The highest BCUT2D eigenvalue weighted by molar-refractivity contribution is 6.13. The largest absolute Gasteiger partial charge is 0.493 e. The Kier molecular flexibility index (Phi) is 5.07. The number of methoxy groups -OCH3 is 1. The minimum atomic E-state index is -0.241. The van der Waals surface area contributed by atoms with Gasteiger partial charge >= 0.3 is 5.97 Å². The first kappa shape index (κ1) is 18.5. The van der Waals surface area contributed by atoms with Crippen molar-refractivity contribution in [2.24, 2.45) is 4.99 Å². The van der Waals surface area contributed by atoms with Crippen LogP contribution in [0.15, 0.2) is 33.9 Å². The molecule has 2 aliphatic rings. The fourth-order valence-corrected chi connectivity index (χ4v) is 4.23. The predicted molar refractivity (Wildman–Crippen MR) is 102 cm³/mol. The fraction of sp³-hybridized carbons (Fsp3) is 0.476. The van der Waals surface area contributed by atoms with Crippen LogP contribution in [0.1, 0.15) is 55.9 Å². The van der Waals surface area contributed by atoms with Gasteiger partial charge in [-0.1, -0.05) is 5.16 Å². The fourth-order valence-electron chi connectivity index (χ4n) is 4.23. The summed E-state index contributed by atoms with van der Waals surface area (Å²) in [4.78, 5) is 16.4. The van der Waals surface area contributed by atoms with E-state index in [-0.39, 0.29) is 24.0 Å². The molecular formula is C21H24N2O5. The van der Waals surface area contributed by atoms with Crippen molar-refractivity contribution >= 4 is 11.7 Å². The molecule has 0 N–H and O–H groups in total. The number of hydrogen-bond acceptors (Lipinski definition) is 7. The molecule has 7 nitrogen and oxygen atoms in total. The van der Waals surface area contributed by atoms with E-state index in [0.717, 1.165) is 36.1 Å². The molecule has 148 valence electrons. The molecule has 3 atom stereocenters. The molecule has 3 unspecified atom stereocenters. The number of hydrogen-bond donors (Lipinski definition) is 0. The van der Waals surface area contributed by atoms with Gasteiger partial charge in [0.15, 0.2) is 17.3 Å². The van der Waals surface area contributed by atoms with E-state index in [2.05, 4.69) is 5.16 Å². The van der Waals surface area contributed by atoms with Crippen molar-refractivity contribution in [2.45, 2.75) is 51.2 Å². The average molecular weight is 384 g/mol. The summed E-state index contributed by atoms with van der Waals surface area (Å²) in [5, 5.41) is 3.84. The van der Waals surface area contributed by atoms with Crippen LogP contribution in [0.25, 0.3) is 0 Å². The molecule has 2 aromatic rings. The number of esters is 1. The zero-order chi connectivity index (χ0) is 19.7. The number of carbonyl (C=O) groups excluding carboxylic acids is 1. The summed E-state index contributed by atoms with van der Waals surface area (Å²) in [5.74, 6) is 1.89. The number of aliphatic imine (C=N–C) groups is 1. The van der Waals surface area contributed by atoms with Crippen LogP contribution < -0.4 is 9.47 Å². The molecule has 0 bridgehead atoms. The lowest BCUT2D eigenvalue weighted by molar-refractivity contribution is -0.148. The molecule has 1 saturated carbocycles. The molecule has 1 aliphatic carbocycles. The van der Waals surface area contributed by atoms with Crippen molar-refractivity contribution in [1.29, 1.82) is 0 Å². The van der Waals surface area contributed by atoms with Crippen LogP contribution in [0.5, 0.6) is 11.5 Å². The summed E-state index contributed by atoms with van der Waals surface area (Å²) in [6, 6.07) is 5.91. The third-order valence-corrected chi connectivity index (χ3v) is 5.35. The predicted octanol–water partition coefficient (Wildman–Crippen LogP) is 3.50. The van der Waals surface area contributed by atoms with Crippen LogP contribution in [0.4, 0.5) is 0 Å². The van der Waals surface area contributed by atoms with E-state index in [0.29, 0.717) is 23.9 Å². The molecule has 1 fully saturated rings. The lowest BCUT2D eigenvalue weighted by Crippen LogP contribution is -2.36. The zero-order valence-corrected chi connectivity index (χ0v) is 16.3. The van der Waals surface area contributed by atoms with Gasteiger partial charge in [0.2, 0.25) is 0 Å². The second-order valence-corrected chi connectivity index (χ2v) is 7.10. The van der Waals surface area contributed by atoms with E-state index in [4.69, 9.17) is 23.7 Å². The quantitative estimate of drug-likeness (QED) is 0.734. The molecule has 0 saturated heterocycles. The van der Waals surface area contributed by atoms with Gasteiger partial charge in [-0.2, -0.15) is 0 Å². The SMILES string of the molecule is CCOc1cc2c(cc1OC)C(c1ccno1)=NC1CCC(OC(C)=O)CC21. The number of rotatable bonds is 5. The molecule has 0 spiro atoms. The Labute approximate surface area is 163 Å². The summed E-state index contributed by atoms with van der Waals surface area (Å²) < 4.78 is 22.3. The number of aromatic nitrogens is 1. The van der Waals surface area contributed by atoms with E-state index in [1.54, 1.807) is 13.3 Å². The molecular weight excluding hydrogens is 360 g/mol. The molecule has 2 heterocycles. The number of ether oxygens (including phenoxy) is 3. The smallest absolute Gasteiger partial charge is 0.302 e. The normalized spacial score (nSPS) is 23.2. The second-order valence-electron chi connectivity index (χ2n) is 7.10. The van der Waals surface area contributed by atoms with Crippen LogP contribution in [0.3, 0.4) is 0 Å². The van der Waals surface area contributed by atoms with E-state index >= 15 is 0 Å². The zero-order valence-electron chi connectivity index (χ0n) is 16.3. The van der Waals surface area contributed by atoms with E-state index in [1.165, 1.54) is 6.92 Å². The molecule has 1 aliphatic heterocycles. The molecule has 1 aromatic carbocycles. The van der Waals surface area contributed by atoms with Gasteiger partial charge in [0.05, 0.1) is 26.0 Å². The molecule has 1 aromatic heterocycles. The van der Waals surface area contributed by atoms with Crippen molar-refractivity contribution < 1.29 is 23.5 Å². The lowest BCUT2D eigenvalue weighted by atomic mass is 9.74.